The van der Waals surface area contributed by atoms with Gasteiger partial charge in [-0.05, 0) is 207 Å². The lowest BCUT2D eigenvalue weighted by molar-refractivity contribution is 0.171. The van der Waals surface area contributed by atoms with Crippen molar-refractivity contribution in [1.82, 2.24) is 102 Å². The minimum absolute atomic E-state index is 0.0832. The highest BCUT2D eigenvalue weighted by atomic mass is 35.5. The SMILES string of the molecule is C[C@H](N)c1cc2nccn2nc1-c1cc(F)cc(Cl)c1.C[C@H](N)c1cc2nccn2nc1-c1ccc(Cl)c(F)c1.C[C@H](N)c1cc2nccn2nc1-c1ccc(F)c(F)c1.C[C@H](N)c1cc2nccn2nc1-c1ccc2c(c1)OCCO2.C[C@H](N)c1cc2nccn2nc1-c1cccc(C#N)c1.C[C@H](N)c1cc2nccn2nc1-c1ccccc1S(C)(=O)=O.Cc1cc(F)cc(-c2nn3ccnc3cc2[C@H](C)N)c1. The normalized spacial score (nSPS) is 13.2. The molecule has 21 aromatic rings. The van der Waals surface area contributed by atoms with Gasteiger partial charge in [-0.25, -0.2) is 96.9 Å². The van der Waals surface area contributed by atoms with Crippen LogP contribution in [0.1, 0.15) is 141 Å². The average Bonchev–Trinajstić information content (AvgIpc) is 1.72. The Hall–Kier alpha value is -16.1. The molecule has 0 aliphatic carbocycles. The summed E-state index contributed by atoms with van der Waals surface area (Å²) in [4.78, 5) is 29.6. The van der Waals surface area contributed by atoms with Gasteiger partial charge in [0, 0.05) is 218 Å². The summed E-state index contributed by atoms with van der Waals surface area (Å²) in [6.07, 6.45) is 25.1. The first-order valence-corrected chi connectivity index (χ1v) is 47.7. The summed E-state index contributed by atoms with van der Waals surface area (Å²) in [5, 5.41) is 41.0. The summed E-state index contributed by atoms with van der Waals surface area (Å²) in [5.41, 5.74) is 63.8. The first-order chi connectivity index (χ1) is 69.0. The number of aromatic nitrogens is 21. The molecule has 0 fully saturated rings. The fourth-order valence-electron chi connectivity index (χ4n) is 15.8. The molecule has 7 atom stereocenters. The molecule has 0 bridgehead atoms. The number of imidazole rings is 7. The van der Waals surface area contributed by atoms with Crippen molar-refractivity contribution >= 4 is 72.6 Å². The van der Waals surface area contributed by atoms with E-state index in [0.29, 0.717) is 97.1 Å². The number of hydrogen-bond donors (Lipinski definition) is 7. The molecule has 0 saturated heterocycles. The van der Waals surface area contributed by atoms with Gasteiger partial charge in [0.2, 0.25) is 0 Å². The predicted octanol–water partition coefficient (Wildman–Crippen LogP) is 18.3. The van der Waals surface area contributed by atoms with Gasteiger partial charge in [-0.2, -0.15) is 41.0 Å². The van der Waals surface area contributed by atoms with E-state index >= 15 is 0 Å². The van der Waals surface area contributed by atoms with Crippen LogP contribution in [0.3, 0.4) is 0 Å². The van der Waals surface area contributed by atoms with Crippen LogP contribution in [-0.4, -0.2) is 130 Å². The standard InChI is InChI=1S/C16H16N4O2.C15H15FN4.C15H13N5.C15H16N4O2S.2C14H12ClFN4.C14H12F2N4/c1-10(17)12-9-15-18-4-5-20(15)19-16(12)11-2-3-13-14(8-11)22-7-6-21-13;1-9-5-11(7-12(16)6-9)15-13(10(2)17)8-14-18-3-4-20(14)19-15;1-10(17)13-8-14-18-5-6-20(14)19-15(13)12-4-2-3-11(7-12)9-16;1-10(16)12-9-14-17-7-8-19(14)18-15(12)11-5-3-4-6-13(11)22(2,20)21;1-8(17)12-7-13-18-2-3-20(13)19-14(12)9-4-10(15)6-11(16)5-9;2*1-8(17)10-7-13-18-4-5-20(13)19-14(10)9-2-3-11(15)12(16)6-9/h2-5,8-10H,6-7,17H2,1H3;3-8,10H,17H2,1-2H3;2-8,10H,17H2,1H3;3-10H,16H2,1-2H3;3*2-8H,17H2,1H3/t4*10-;3*8-/m0000000/s1. The van der Waals surface area contributed by atoms with E-state index in [2.05, 4.69) is 76.6 Å². The molecule has 14 N–H and O–H groups in total. The molecule has 1 aliphatic heterocycles. The van der Waals surface area contributed by atoms with Crippen molar-refractivity contribution in [3.05, 3.63) is 358 Å². The summed E-state index contributed by atoms with van der Waals surface area (Å²) in [6.45, 7) is 16.1. The van der Waals surface area contributed by atoms with Gasteiger partial charge in [-0.3, -0.25) is 0 Å². The monoisotopic (exact) mass is 2000 g/mol. The highest BCUT2D eigenvalue weighted by molar-refractivity contribution is 7.90. The Kier molecular flexibility index (Phi) is 30.5. The van der Waals surface area contributed by atoms with Crippen molar-refractivity contribution in [1.29, 1.82) is 5.26 Å². The van der Waals surface area contributed by atoms with Crippen LogP contribution < -0.4 is 49.6 Å². The molecule has 33 nitrogen and oxygen atoms in total. The summed E-state index contributed by atoms with van der Waals surface area (Å²) in [7, 11) is -3.37. The summed E-state index contributed by atoms with van der Waals surface area (Å²) < 4.78 is 114. The molecule has 41 heteroatoms. The zero-order valence-corrected chi connectivity index (χ0v) is 81.3. The van der Waals surface area contributed by atoms with Gasteiger partial charge in [-0.1, -0.05) is 59.6 Å². The first-order valence-electron chi connectivity index (χ1n) is 45.0. The molecule has 1 aliphatic rings. The second kappa shape index (κ2) is 43.5. The Morgan fingerprint density at radius 2 is 0.667 bits per heavy atom. The third-order valence-corrected chi connectivity index (χ3v) is 24.5. The number of rotatable bonds is 15. The minimum atomic E-state index is -3.37. The molecule has 22 rings (SSSR count). The number of fused-ring (bicyclic) bond motifs is 8. The van der Waals surface area contributed by atoms with Crippen molar-refractivity contribution < 1.29 is 39.8 Å². The van der Waals surface area contributed by atoms with E-state index in [0.717, 1.165) is 113 Å². The van der Waals surface area contributed by atoms with Crippen LogP contribution in [0.4, 0.5) is 22.0 Å². The molecule has 0 amide bonds. The Labute approximate surface area is 831 Å². The van der Waals surface area contributed by atoms with Crippen molar-refractivity contribution in [2.24, 2.45) is 40.1 Å². The van der Waals surface area contributed by atoms with Crippen molar-refractivity contribution in [3.8, 4) is 96.4 Å². The van der Waals surface area contributed by atoms with Gasteiger partial charge >= 0.3 is 0 Å². The van der Waals surface area contributed by atoms with Gasteiger partial charge in [0.05, 0.1) is 61.4 Å². The van der Waals surface area contributed by atoms with E-state index in [4.69, 9.17) is 78.1 Å². The average molecular weight is 2000 g/mol. The molecule has 0 saturated carbocycles. The smallest absolute Gasteiger partial charge is 0.176 e. The van der Waals surface area contributed by atoms with Gasteiger partial charge in [-0.15, -0.1) is 0 Å². The number of benzene rings is 7. The Morgan fingerprint density at radius 1 is 0.340 bits per heavy atom. The molecular formula is C103H96Cl2F5N29O4S. The molecule has 0 spiro atoms. The fourth-order valence-corrected chi connectivity index (χ4v) is 17.1. The van der Waals surface area contributed by atoms with Gasteiger partial charge in [0.1, 0.15) is 30.7 Å². The quantitative estimate of drug-likeness (QED) is 0.0469. The third kappa shape index (κ3) is 22.9. The maximum Gasteiger partial charge on any atom is 0.176 e. The molecule has 0 radical (unpaired) electrons. The predicted molar refractivity (Wildman–Crippen MR) is 541 cm³/mol. The van der Waals surface area contributed by atoms with Gasteiger partial charge in [0.25, 0.3) is 0 Å². The minimum Gasteiger partial charge on any atom is -0.486 e. The van der Waals surface area contributed by atoms with Crippen LogP contribution in [0.5, 0.6) is 11.5 Å². The van der Waals surface area contributed by atoms with Crippen LogP contribution in [0.25, 0.3) is 118 Å². The number of nitrogens with two attached hydrogens (primary N) is 7. The lowest BCUT2D eigenvalue weighted by Gasteiger charge is -2.19. The van der Waals surface area contributed by atoms with E-state index in [-0.39, 0.29) is 58.0 Å². The molecule has 14 aromatic heterocycles. The fraction of sp³-hybridized carbons (Fsp3) is 0.175. The number of halogens is 7. The van der Waals surface area contributed by atoms with Crippen LogP contribution in [0.2, 0.25) is 10.0 Å². The molecular weight excluding hydrogens is 1910 g/mol. The molecule has 144 heavy (non-hydrogen) atoms. The zero-order valence-electron chi connectivity index (χ0n) is 78.9. The van der Waals surface area contributed by atoms with Crippen LogP contribution in [0, 0.1) is 47.3 Å². The zero-order chi connectivity index (χ0) is 102. The highest BCUT2D eigenvalue weighted by Crippen LogP contribution is 2.40. The van der Waals surface area contributed by atoms with E-state index in [1.54, 1.807) is 168 Å². The van der Waals surface area contributed by atoms with E-state index in [1.165, 1.54) is 48.7 Å². The lowest BCUT2D eigenvalue weighted by atomic mass is 10.0. The van der Waals surface area contributed by atoms with E-state index in [1.807, 2.05) is 134 Å². The molecule has 732 valence electrons. The second-order valence-corrected chi connectivity index (χ2v) is 36.8. The number of nitriles is 1. The number of hydrogen-bond acceptors (Lipinski definition) is 26. The van der Waals surface area contributed by atoms with Crippen molar-refractivity contribution in [2.75, 3.05) is 19.5 Å². The third-order valence-electron chi connectivity index (χ3n) is 22.8. The topological polar surface area (TPSA) is 470 Å². The van der Waals surface area contributed by atoms with Crippen LogP contribution in [-0.2, 0) is 9.84 Å². The Morgan fingerprint density at radius 3 is 1.03 bits per heavy atom. The first kappa shape index (κ1) is 101. The number of ether oxygens (including phenoxy) is 2. The van der Waals surface area contributed by atoms with Crippen LogP contribution in [0.15, 0.2) is 274 Å². The maximum atomic E-state index is 13.6. The summed E-state index contributed by atoms with van der Waals surface area (Å²) >= 11 is 11.6. The highest BCUT2D eigenvalue weighted by Gasteiger charge is 2.26. The molecule has 7 aromatic carbocycles. The summed E-state index contributed by atoms with van der Waals surface area (Å²) in [6, 6.07) is 51.2. The Balaban J connectivity index is 0.000000121. The van der Waals surface area contributed by atoms with Crippen molar-refractivity contribution in [2.45, 2.75) is 103 Å². The lowest BCUT2D eigenvalue weighted by Crippen LogP contribution is -2.15. The second-order valence-electron chi connectivity index (χ2n) is 34.0. The number of sulfone groups is 1. The largest absolute Gasteiger partial charge is 0.486 e. The number of aryl methyl sites for hydroxylation is 1. The van der Waals surface area contributed by atoms with E-state index in [9.17, 15) is 30.4 Å². The van der Waals surface area contributed by atoms with Crippen LogP contribution >= 0.6 is 23.2 Å². The molecule has 15 heterocycles. The van der Waals surface area contributed by atoms with Crippen molar-refractivity contribution in [3.63, 3.8) is 0 Å². The number of nitrogens with zero attached hydrogens (tertiary/aromatic N) is 22. The summed E-state index contributed by atoms with van der Waals surface area (Å²) in [5.74, 6) is -1.45. The maximum absolute atomic E-state index is 13.6. The van der Waals surface area contributed by atoms with E-state index < -0.39 is 33.1 Å². The van der Waals surface area contributed by atoms with Gasteiger partial charge < -0.3 is 49.6 Å². The Bertz CT molecular complexity index is 8160. The molecule has 0 unspecified atom stereocenters. The van der Waals surface area contributed by atoms with Gasteiger partial charge in [0.15, 0.2) is 72.5 Å².